The second kappa shape index (κ2) is 10.3. The fraction of sp³-hybridized carbons (Fsp3) is 0.280. The van der Waals surface area contributed by atoms with E-state index in [1.807, 2.05) is 0 Å². The molecule has 0 aromatic heterocycles. The van der Waals surface area contributed by atoms with Gasteiger partial charge >= 0.3 is 0 Å². The van der Waals surface area contributed by atoms with E-state index in [0.717, 1.165) is 23.0 Å². The van der Waals surface area contributed by atoms with Crippen LogP contribution in [0.2, 0.25) is 0 Å². The predicted molar refractivity (Wildman–Crippen MR) is 123 cm³/mol. The number of rotatable bonds is 8. The number of hydrogen-bond acceptors (Lipinski definition) is 1. The van der Waals surface area contributed by atoms with Gasteiger partial charge in [-0.05, 0) is 62.6 Å². The van der Waals surface area contributed by atoms with Crippen LogP contribution in [0.15, 0.2) is 94.5 Å². The zero-order valence-electron chi connectivity index (χ0n) is 16.9. The number of allylic oxidation sites excluding steroid dienone is 3. The zero-order valence-corrected chi connectivity index (χ0v) is 18.5. The lowest BCUT2D eigenvalue weighted by atomic mass is 9.92. The summed E-state index contributed by atoms with van der Waals surface area (Å²) in [6.07, 6.45) is 5.37. The van der Waals surface area contributed by atoms with Crippen molar-refractivity contribution in [1.82, 2.24) is 0 Å². The van der Waals surface area contributed by atoms with Crippen molar-refractivity contribution in [1.29, 1.82) is 0 Å². The maximum atomic E-state index is 4.14. The van der Waals surface area contributed by atoms with Crippen LogP contribution >= 0.6 is 15.9 Å². The first-order valence-electron chi connectivity index (χ1n) is 9.58. The van der Waals surface area contributed by atoms with Gasteiger partial charge in [-0.25, -0.2) is 0 Å². The molecule has 0 aliphatic rings. The molecule has 0 saturated heterocycles. The summed E-state index contributed by atoms with van der Waals surface area (Å²) in [5.41, 5.74) is 6.29. The van der Waals surface area contributed by atoms with Crippen LogP contribution < -0.4 is 4.90 Å². The predicted octanol–water partition coefficient (Wildman–Crippen LogP) is 7.88. The zero-order chi connectivity index (χ0) is 19.8. The van der Waals surface area contributed by atoms with Gasteiger partial charge in [-0.2, -0.15) is 0 Å². The molecule has 142 valence electrons. The summed E-state index contributed by atoms with van der Waals surface area (Å²) in [5.74, 6) is 0. The quantitative estimate of drug-likeness (QED) is 0.390. The molecule has 2 heteroatoms. The summed E-state index contributed by atoms with van der Waals surface area (Å²) in [7, 11) is 0. The Morgan fingerprint density at radius 3 is 2.15 bits per heavy atom. The van der Waals surface area contributed by atoms with Gasteiger partial charge < -0.3 is 4.90 Å². The number of benzene rings is 2. The van der Waals surface area contributed by atoms with Gasteiger partial charge in [0.25, 0.3) is 0 Å². The molecule has 0 amide bonds. The highest BCUT2D eigenvalue weighted by Crippen LogP contribution is 2.35. The van der Waals surface area contributed by atoms with Crippen LogP contribution in [0.1, 0.15) is 45.7 Å². The van der Waals surface area contributed by atoms with E-state index < -0.39 is 0 Å². The Kier molecular flexibility index (Phi) is 8.12. The molecule has 0 aliphatic heterocycles. The van der Waals surface area contributed by atoms with Crippen molar-refractivity contribution in [2.75, 3.05) is 11.4 Å². The molecule has 1 unspecified atom stereocenters. The normalized spacial score (nSPS) is 12.0. The third-order valence-corrected chi connectivity index (χ3v) is 5.28. The van der Waals surface area contributed by atoms with Crippen LogP contribution in [0.25, 0.3) is 0 Å². The average molecular weight is 424 g/mol. The molecule has 0 fully saturated rings. The van der Waals surface area contributed by atoms with Gasteiger partial charge in [0, 0.05) is 16.7 Å². The van der Waals surface area contributed by atoms with Crippen LogP contribution in [-0.4, -0.2) is 6.54 Å². The standard InChI is InChI=1S/C25H30BrN/c1-6-20(5)13-18-24(19(3)4)25(21-14-16-22(26)17-15-21)27(7-2)23-11-9-8-10-12-23/h8-18,25H,5-7H2,1-4H3/b18-13-. The van der Waals surface area contributed by atoms with E-state index in [2.05, 4.69) is 122 Å². The first kappa shape index (κ1) is 21.2. The highest BCUT2D eigenvalue weighted by atomic mass is 79.9. The fourth-order valence-corrected chi connectivity index (χ4v) is 3.43. The highest BCUT2D eigenvalue weighted by Gasteiger charge is 2.23. The van der Waals surface area contributed by atoms with Crippen LogP contribution in [0.3, 0.4) is 0 Å². The molecule has 2 aromatic rings. The van der Waals surface area contributed by atoms with Gasteiger partial charge in [0.1, 0.15) is 0 Å². The molecule has 2 aromatic carbocycles. The summed E-state index contributed by atoms with van der Waals surface area (Å²) >= 11 is 3.57. The average Bonchev–Trinajstić information content (AvgIpc) is 2.68. The SMILES string of the molecule is C=C(/C=C\C(=C(C)C)C(c1ccc(Br)cc1)N(CC)c1ccccc1)CC. The molecule has 0 aliphatic carbocycles. The monoisotopic (exact) mass is 423 g/mol. The maximum Gasteiger partial charge on any atom is 0.0795 e. The number of likely N-dealkylation sites (N-methyl/N-ethyl adjacent to an activating group) is 1. The topological polar surface area (TPSA) is 3.24 Å². The van der Waals surface area contributed by atoms with Crippen molar-refractivity contribution in [2.45, 2.75) is 40.2 Å². The minimum absolute atomic E-state index is 0.149. The van der Waals surface area contributed by atoms with Crippen LogP contribution in [-0.2, 0) is 0 Å². The number of nitrogens with zero attached hydrogens (tertiary/aromatic N) is 1. The lowest BCUT2D eigenvalue weighted by molar-refractivity contribution is 0.718. The van der Waals surface area contributed by atoms with Crippen molar-refractivity contribution < 1.29 is 0 Å². The van der Waals surface area contributed by atoms with Gasteiger partial charge in [0.05, 0.1) is 6.04 Å². The Balaban J connectivity index is 2.60. The lowest BCUT2D eigenvalue weighted by Gasteiger charge is -2.35. The van der Waals surface area contributed by atoms with Gasteiger partial charge in [0.2, 0.25) is 0 Å². The van der Waals surface area contributed by atoms with Gasteiger partial charge in [-0.3, -0.25) is 0 Å². The number of anilines is 1. The number of halogens is 1. The van der Waals surface area contributed by atoms with E-state index in [0.29, 0.717) is 0 Å². The first-order chi connectivity index (χ1) is 13.0. The van der Waals surface area contributed by atoms with E-state index in [1.165, 1.54) is 22.4 Å². The van der Waals surface area contributed by atoms with Crippen molar-refractivity contribution >= 4 is 21.6 Å². The Bertz CT molecular complexity index is 796. The molecule has 2 rings (SSSR count). The van der Waals surface area contributed by atoms with Crippen molar-refractivity contribution in [3.63, 3.8) is 0 Å². The molecule has 27 heavy (non-hydrogen) atoms. The molecule has 0 N–H and O–H groups in total. The lowest BCUT2D eigenvalue weighted by Crippen LogP contribution is -2.30. The van der Waals surface area contributed by atoms with Gasteiger partial charge in [0.15, 0.2) is 0 Å². The highest BCUT2D eigenvalue weighted by molar-refractivity contribution is 9.10. The van der Waals surface area contributed by atoms with E-state index in [4.69, 9.17) is 0 Å². The molecule has 0 spiro atoms. The number of para-hydroxylation sites is 1. The Labute approximate surface area is 173 Å². The Hall–Kier alpha value is -2.06. The van der Waals surface area contributed by atoms with E-state index in [-0.39, 0.29) is 6.04 Å². The van der Waals surface area contributed by atoms with Crippen LogP contribution in [0, 0.1) is 0 Å². The molecule has 0 bridgehead atoms. The van der Waals surface area contributed by atoms with Crippen molar-refractivity contribution in [3.05, 3.63) is 100 Å². The fourth-order valence-electron chi connectivity index (χ4n) is 3.16. The largest absolute Gasteiger partial charge is 0.361 e. The molecule has 0 heterocycles. The van der Waals surface area contributed by atoms with Crippen molar-refractivity contribution in [2.24, 2.45) is 0 Å². The second-order valence-electron chi connectivity index (χ2n) is 6.88. The third-order valence-electron chi connectivity index (χ3n) is 4.75. The molecular weight excluding hydrogens is 394 g/mol. The molecular formula is C25H30BrN. The Morgan fingerprint density at radius 2 is 1.63 bits per heavy atom. The van der Waals surface area contributed by atoms with E-state index in [9.17, 15) is 0 Å². The van der Waals surface area contributed by atoms with E-state index in [1.54, 1.807) is 0 Å². The third kappa shape index (κ3) is 5.71. The summed E-state index contributed by atoms with van der Waals surface area (Å²) in [5, 5.41) is 0. The van der Waals surface area contributed by atoms with Gasteiger partial charge in [-0.15, -0.1) is 0 Å². The minimum Gasteiger partial charge on any atom is -0.361 e. The molecule has 1 atom stereocenters. The van der Waals surface area contributed by atoms with Gasteiger partial charge in [-0.1, -0.05) is 83.1 Å². The summed E-state index contributed by atoms with van der Waals surface area (Å²) < 4.78 is 1.10. The molecule has 0 saturated carbocycles. The minimum atomic E-state index is 0.149. The molecule has 0 radical (unpaired) electrons. The van der Waals surface area contributed by atoms with E-state index >= 15 is 0 Å². The van der Waals surface area contributed by atoms with Crippen LogP contribution in [0.4, 0.5) is 5.69 Å². The maximum absolute atomic E-state index is 4.14. The summed E-state index contributed by atoms with van der Waals surface area (Å²) in [4.78, 5) is 2.46. The smallest absolute Gasteiger partial charge is 0.0795 e. The molecule has 1 nitrogen and oxygen atoms in total. The van der Waals surface area contributed by atoms with Crippen LogP contribution in [0.5, 0.6) is 0 Å². The Morgan fingerprint density at radius 1 is 1.00 bits per heavy atom. The summed E-state index contributed by atoms with van der Waals surface area (Å²) in [6, 6.07) is 19.5. The number of hydrogen-bond donors (Lipinski definition) is 0. The summed E-state index contributed by atoms with van der Waals surface area (Å²) in [6.45, 7) is 13.8. The van der Waals surface area contributed by atoms with Crippen molar-refractivity contribution in [3.8, 4) is 0 Å². The first-order valence-corrected chi connectivity index (χ1v) is 10.4. The second-order valence-corrected chi connectivity index (χ2v) is 7.79.